The van der Waals surface area contributed by atoms with Crippen molar-refractivity contribution in [1.29, 1.82) is 0 Å². The van der Waals surface area contributed by atoms with E-state index in [2.05, 4.69) is 22.0 Å². The van der Waals surface area contributed by atoms with E-state index in [4.69, 9.17) is 4.99 Å². The van der Waals surface area contributed by atoms with Crippen LogP contribution in [0.25, 0.3) is 0 Å². The summed E-state index contributed by atoms with van der Waals surface area (Å²) in [4.78, 5) is 24.9. The largest absolute Gasteiger partial charge is 0.350 e. The van der Waals surface area contributed by atoms with E-state index >= 15 is 0 Å². The van der Waals surface area contributed by atoms with E-state index in [0.29, 0.717) is 0 Å². The first-order valence-corrected chi connectivity index (χ1v) is 10.1. The van der Waals surface area contributed by atoms with Crippen LogP contribution in [0.1, 0.15) is 38.5 Å². The van der Waals surface area contributed by atoms with Crippen molar-refractivity contribution >= 4 is 11.7 Å². The predicted octanol–water partition coefficient (Wildman–Crippen LogP) is 1.81. The van der Waals surface area contributed by atoms with Gasteiger partial charge in [0, 0.05) is 50.8 Å². The number of hydrogen-bond donors (Lipinski definition) is 0. The summed E-state index contributed by atoms with van der Waals surface area (Å²) in [5, 5.41) is 0. The zero-order valence-corrected chi connectivity index (χ0v) is 14.9. The van der Waals surface area contributed by atoms with Crippen LogP contribution >= 0.6 is 0 Å². The van der Waals surface area contributed by atoms with Crippen LogP contribution in [-0.4, -0.2) is 77.3 Å². The maximum absolute atomic E-state index is 12.7. The average molecular weight is 340 g/mol. The molecule has 3 heterocycles. The van der Waals surface area contributed by atoms with Crippen molar-refractivity contribution in [3.8, 4) is 0 Å². The molecule has 0 N–H and O–H groups in total. The molecule has 2 aliphatic carbocycles. The van der Waals surface area contributed by atoms with Crippen LogP contribution in [0.5, 0.6) is 0 Å². The van der Waals surface area contributed by atoms with E-state index in [1.165, 1.54) is 25.1 Å². The molecular weight excluding hydrogens is 312 g/mol. The third-order valence-corrected chi connectivity index (χ3v) is 6.64. The quantitative estimate of drug-likeness (QED) is 0.770. The molecule has 1 amide bonds. The van der Waals surface area contributed by atoms with E-state index < -0.39 is 0 Å². The molecule has 2 unspecified atom stereocenters. The Morgan fingerprint density at radius 1 is 1.04 bits per heavy atom. The number of likely N-dealkylation sites (tertiary alicyclic amines) is 1. The van der Waals surface area contributed by atoms with Crippen LogP contribution in [0.15, 0.2) is 28.8 Å². The Morgan fingerprint density at radius 3 is 2.64 bits per heavy atom. The van der Waals surface area contributed by atoms with Gasteiger partial charge in [0.1, 0.15) is 5.84 Å². The molecule has 0 aromatic rings. The summed E-state index contributed by atoms with van der Waals surface area (Å²) in [6.07, 6.45) is 13.8. The Hall–Kier alpha value is -1.62. The number of carbonyl (C=O) groups is 1. The maximum Gasteiger partial charge on any atom is 0.253 e. The molecule has 3 aliphatic heterocycles. The summed E-state index contributed by atoms with van der Waals surface area (Å²) in [7, 11) is 0. The van der Waals surface area contributed by atoms with Crippen LogP contribution < -0.4 is 0 Å². The second-order valence-corrected chi connectivity index (χ2v) is 8.07. The molecule has 0 bridgehead atoms. The fourth-order valence-corrected chi connectivity index (χ4v) is 4.91. The highest BCUT2D eigenvalue weighted by atomic mass is 16.2. The standard InChI is InChI=1S/C20H28N4O/c25-20(23-9-1-2-10-23)15-6-7-17-18(14-15)24-13-12-22(16-4-3-5-16)11-8-19(24)21-17/h6-7,14,16-18H,1-5,8-13H2. The number of rotatable bonds is 2. The molecule has 0 radical (unpaired) electrons. The lowest BCUT2D eigenvalue weighted by Gasteiger charge is -2.37. The summed E-state index contributed by atoms with van der Waals surface area (Å²) in [5.41, 5.74) is 0.875. The molecule has 0 aromatic heterocycles. The van der Waals surface area contributed by atoms with Crippen molar-refractivity contribution < 1.29 is 4.79 Å². The summed E-state index contributed by atoms with van der Waals surface area (Å²) < 4.78 is 0. The molecule has 0 aromatic carbocycles. The highest BCUT2D eigenvalue weighted by Crippen LogP contribution is 2.31. The van der Waals surface area contributed by atoms with E-state index in [-0.39, 0.29) is 18.0 Å². The average Bonchev–Trinajstić information content (AvgIpc) is 3.18. The van der Waals surface area contributed by atoms with Crippen molar-refractivity contribution in [1.82, 2.24) is 14.7 Å². The van der Waals surface area contributed by atoms with Crippen LogP contribution in [0.2, 0.25) is 0 Å². The fraction of sp³-hybridized carbons (Fsp3) is 0.700. The Labute approximate surface area is 150 Å². The molecule has 134 valence electrons. The van der Waals surface area contributed by atoms with E-state index in [1.54, 1.807) is 0 Å². The van der Waals surface area contributed by atoms with Gasteiger partial charge in [-0.15, -0.1) is 0 Å². The van der Waals surface area contributed by atoms with Crippen LogP contribution in [0, 0.1) is 0 Å². The normalized spacial score (nSPS) is 32.6. The fourth-order valence-electron chi connectivity index (χ4n) is 4.91. The van der Waals surface area contributed by atoms with E-state index in [0.717, 1.165) is 63.6 Å². The Kier molecular flexibility index (Phi) is 3.92. The van der Waals surface area contributed by atoms with Gasteiger partial charge < -0.3 is 9.80 Å². The SMILES string of the molecule is O=C(C1=CC2C(C=C1)N=C1CCN(C3CCC3)CCN12)N1CCCC1. The summed E-state index contributed by atoms with van der Waals surface area (Å²) in [5.74, 6) is 1.47. The van der Waals surface area contributed by atoms with Crippen LogP contribution in [-0.2, 0) is 4.79 Å². The number of amides is 1. The Balaban J connectivity index is 1.32. The van der Waals surface area contributed by atoms with Crippen molar-refractivity contribution in [2.75, 3.05) is 32.7 Å². The summed E-state index contributed by atoms with van der Waals surface area (Å²) in [6, 6.07) is 1.27. The number of amidine groups is 1. The van der Waals surface area contributed by atoms with Gasteiger partial charge in [0.05, 0.1) is 12.1 Å². The summed E-state index contributed by atoms with van der Waals surface area (Å²) in [6.45, 7) is 5.16. The number of aliphatic imine (C=N–C) groups is 1. The Morgan fingerprint density at radius 2 is 1.88 bits per heavy atom. The second kappa shape index (κ2) is 6.27. The molecule has 5 heteroatoms. The van der Waals surface area contributed by atoms with Gasteiger partial charge in [-0.05, 0) is 31.8 Å². The zero-order valence-electron chi connectivity index (χ0n) is 14.9. The molecular formula is C20H28N4O. The van der Waals surface area contributed by atoms with Gasteiger partial charge in [0.15, 0.2) is 0 Å². The lowest BCUT2D eigenvalue weighted by atomic mass is 9.91. The molecule has 5 aliphatic rings. The van der Waals surface area contributed by atoms with E-state index in [1.807, 2.05) is 11.0 Å². The van der Waals surface area contributed by atoms with Gasteiger partial charge in [0.25, 0.3) is 5.91 Å². The van der Waals surface area contributed by atoms with Crippen molar-refractivity contribution in [3.05, 3.63) is 23.8 Å². The maximum atomic E-state index is 12.7. The third kappa shape index (κ3) is 2.73. The van der Waals surface area contributed by atoms with Gasteiger partial charge in [-0.2, -0.15) is 0 Å². The number of hydrogen-bond acceptors (Lipinski definition) is 4. The number of carbonyl (C=O) groups excluding carboxylic acids is 1. The molecule has 0 spiro atoms. The first-order valence-electron chi connectivity index (χ1n) is 10.1. The van der Waals surface area contributed by atoms with E-state index in [9.17, 15) is 4.79 Å². The van der Waals surface area contributed by atoms with Gasteiger partial charge in [-0.25, -0.2) is 0 Å². The molecule has 1 saturated carbocycles. The highest BCUT2D eigenvalue weighted by molar-refractivity contribution is 5.97. The van der Waals surface area contributed by atoms with Crippen molar-refractivity contribution in [2.24, 2.45) is 4.99 Å². The number of fused-ring (bicyclic) bond motifs is 3. The lowest BCUT2D eigenvalue weighted by molar-refractivity contribution is -0.125. The Bertz CT molecular complexity index is 642. The van der Waals surface area contributed by atoms with Gasteiger partial charge >= 0.3 is 0 Å². The molecule has 5 rings (SSSR count). The molecule has 25 heavy (non-hydrogen) atoms. The zero-order chi connectivity index (χ0) is 16.8. The van der Waals surface area contributed by atoms with Crippen LogP contribution in [0.4, 0.5) is 0 Å². The number of nitrogens with zero attached hydrogens (tertiary/aromatic N) is 4. The third-order valence-electron chi connectivity index (χ3n) is 6.64. The first-order chi connectivity index (χ1) is 12.3. The van der Waals surface area contributed by atoms with Gasteiger partial charge in [-0.3, -0.25) is 14.7 Å². The minimum Gasteiger partial charge on any atom is -0.350 e. The molecule has 2 atom stereocenters. The molecule has 3 fully saturated rings. The van der Waals surface area contributed by atoms with Gasteiger partial charge in [0.2, 0.25) is 0 Å². The first kappa shape index (κ1) is 15.6. The monoisotopic (exact) mass is 340 g/mol. The second-order valence-electron chi connectivity index (χ2n) is 8.07. The van der Waals surface area contributed by atoms with Crippen LogP contribution in [0.3, 0.4) is 0 Å². The smallest absolute Gasteiger partial charge is 0.253 e. The predicted molar refractivity (Wildman–Crippen MR) is 98.6 cm³/mol. The van der Waals surface area contributed by atoms with Crippen molar-refractivity contribution in [3.63, 3.8) is 0 Å². The van der Waals surface area contributed by atoms with Gasteiger partial charge in [-0.1, -0.05) is 18.6 Å². The molecule has 2 saturated heterocycles. The molecule has 5 nitrogen and oxygen atoms in total. The minimum atomic E-state index is 0.209. The highest BCUT2D eigenvalue weighted by Gasteiger charge is 2.38. The van der Waals surface area contributed by atoms with Crippen molar-refractivity contribution in [2.45, 2.75) is 56.7 Å². The summed E-state index contributed by atoms with van der Waals surface area (Å²) >= 11 is 0. The topological polar surface area (TPSA) is 39.2 Å². The lowest BCUT2D eigenvalue weighted by Crippen LogP contribution is -2.44. The minimum absolute atomic E-state index is 0.209.